The minimum Gasteiger partial charge on any atom is -0.364 e. The van der Waals surface area contributed by atoms with Gasteiger partial charge < -0.3 is 31.2 Å². The number of urea groups is 1. The number of carbonyl (C=O) groups excluding carboxylic acids is 3. The average Bonchev–Trinajstić information content (AvgIpc) is 3.79. The Morgan fingerprint density at radius 1 is 1.02 bits per heavy atom. The number of imidazole rings is 1. The van der Waals surface area contributed by atoms with Crippen LogP contribution in [0.25, 0.3) is 0 Å². The monoisotopic (exact) mass is 713 g/mol. The number of anilines is 1. The smallest absolute Gasteiger partial charge is 0.315 e. The third kappa shape index (κ3) is 10.6. The van der Waals surface area contributed by atoms with E-state index in [0.29, 0.717) is 62.7 Å². The van der Waals surface area contributed by atoms with Crippen molar-refractivity contribution >= 4 is 45.3 Å². The van der Waals surface area contributed by atoms with E-state index in [0.717, 1.165) is 54.8 Å². The molecule has 49 heavy (non-hydrogen) atoms. The van der Waals surface area contributed by atoms with Crippen LogP contribution in [0.2, 0.25) is 0 Å². The molecule has 14 nitrogen and oxygen atoms in total. The van der Waals surface area contributed by atoms with Crippen LogP contribution in [0.1, 0.15) is 74.6 Å². The molecule has 1 aromatic heterocycles. The lowest BCUT2D eigenvalue weighted by Gasteiger charge is -2.24. The Balaban J connectivity index is 0.917. The molecule has 5 rings (SSSR count). The van der Waals surface area contributed by atoms with Gasteiger partial charge in [0.25, 0.3) is 0 Å². The van der Waals surface area contributed by atoms with Crippen LogP contribution >= 0.6 is 11.8 Å². The van der Waals surface area contributed by atoms with Crippen LogP contribution in [0.5, 0.6) is 0 Å². The van der Waals surface area contributed by atoms with E-state index in [-0.39, 0.29) is 48.8 Å². The van der Waals surface area contributed by atoms with Crippen molar-refractivity contribution in [2.45, 2.75) is 88.2 Å². The Bertz CT molecular complexity index is 1580. The van der Waals surface area contributed by atoms with E-state index in [4.69, 9.17) is 0 Å². The summed E-state index contributed by atoms with van der Waals surface area (Å²) in [6.07, 6.45) is 9.56. The number of aromatic amines is 1. The number of rotatable bonds is 18. The number of aromatic nitrogens is 2. The van der Waals surface area contributed by atoms with Gasteiger partial charge in [0.2, 0.25) is 21.8 Å². The second-order valence-electron chi connectivity index (χ2n) is 12.8. The van der Waals surface area contributed by atoms with Gasteiger partial charge in [0.1, 0.15) is 0 Å². The van der Waals surface area contributed by atoms with E-state index in [1.807, 2.05) is 17.8 Å². The van der Waals surface area contributed by atoms with E-state index in [2.05, 4.69) is 42.2 Å². The number of thioether (sulfide) groups is 1. The van der Waals surface area contributed by atoms with Crippen LogP contribution in [0.4, 0.5) is 10.5 Å². The lowest BCUT2D eigenvalue weighted by molar-refractivity contribution is -0.122. The van der Waals surface area contributed by atoms with Gasteiger partial charge in [0.15, 0.2) is 0 Å². The number of hydrogen-bond acceptors (Lipinski definition) is 9. The van der Waals surface area contributed by atoms with E-state index in [1.165, 1.54) is 4.31 Å². The molecule has 2 fully saturated rings. The largest absolute Gasteiger partial charge is 0.364 e. The first kappa shape index (κ1) is 36.5. The molecule has 0 aliphatic carbocycles. The highest BCUT2D eigenvalue weighted by molar-refractivity contribution is 8.00. The predicted octanol–water partition coefficient (Wildman–Crippen LogP) is 2.34. The second kappa shape index (κ2) is 17.7. The molecule has 0 saturated carbocycles. The molecule has 2 saturated heterocycles. The van der Waals surface area contributed by atoms with Crippen LogP contribution in [-0.4, -0.2) is 95.6 Å². The van der Waals surface area contributed by atoms with Crippen LogP contribution in [0.3, 0.4) is 0 Å². The second-order valence-corrected chi connectivity index (χ2v) is 16.2. The standard InChI is InChI=1S/C33H47N9O5S2/c34-18-24-10-11-28-25(17-24)20-42(15-14-41(28)21-26-19-35-23-38-26)49(46,47)16-6-13-37-30(43)8-2-1-5-12-36-31(44)9-4-3-7-29-32-27(22-48-29)39-33(45)40-32/h10-11,17,19,23,27,29,32H,1-9,12-16,20-22H2,(H,35,38)(H,36,44)(H,37,43)(H2,39,40,45)/t27-,29-,32-/m1/s1. The van der Waals surface area contributed by atoms with Crippen molar-refractivity contribution in [2.75, 3.05) is 42.6 Å². The molecule has 5 N–H and O–H groups in total. The van der Waals surface area contributed by atoms with Gasteiger partial charge in [-0.1, -0.05) is 12.8 Å². The van der Waals surface area contributed by atoms with Crippen LogP contribution in [0.15, 0.2) is 30.7 Å². The number of unbranched alkanes of at least 4 members (excludes halogenated alkanes) is 3. The molecule has 0 spiro atoms. The Morgan fingerprint density at radius 2 is 1.80 bits per heavy atom. The maximum atomic E-state index is 13.3. The maximum Gasteiger partial charge on any atom is 0.315 e. The third-order valence-electron chi connectivity index (χ3n) is 9.21. The summed E-state index contributed by atoms with van der Waals surface area (Å²) in [5.41, 5.74) is 3.05. The molecule has 4 amide bonds. The fourth-order valence-corrected chi connectivity index (χ4v) is 9.57. The maximum absolute atomic E-state index is 13.3. The van der Waals surface area contributed by atoms with Gasteiger partial charge in [0, 0.05) is 68.5 Å². The molecule has 3 aliphatic heterocycles. The van der Waals surface area contributed by atoms with E-state index in [9.17, 15) is 28.1 Å². The summed E-state index contributed by atoms with van der Waals surface area (Å²) < 4.78 is 28.1. The number of H-pyrrole nitrogens is 1. The molecule has 16 heteroatoms. The molecule has 266 valence electrons. The molecular formula is C33H47N9O5S2. The van der Waals surface area contributed by atoms with Crippen molar-refractivity contribution in [2.24, 2.45) is 0 Å². The van der Waals surface area contributed by atoms with Gasteiger partial charge in [0.05, 0.1) is 48.0 Å². The number of nitrogens with one attached hydrogen (secondary N) is 5. The van der Waals surface area contributed by atoms with Gasteiger partial charge >= 0.3 is 6.03 Å². The van der Waals surface area contributed by atoms with Crippen LogP contribution in [0, 0.1) is 11.3 Å². The molecule has 3 atom stereocenters. The normalized spacial score (nSPS) is 20.4. The van der Waals surface area contributed by atoms with Crippen LogP contribution < -0.4 is 26.2 Å². The number of nitrogens with zero attached hydrogens (tertiary/aromatic N) is 4. The van der Waals surface area contributed by atoms with Crippen molar-refractivity contribution in [3.8, 4) is 6.07 Å². The molecular weight excluding hydrogens is 667 g/mol. The minimum atomic E-state index is -3.60. The molecule has 0 unspecified atom stereocenters. The Hall–Kier alpha value is -3.81. The van der Waals surface area contributed by atoms with Gasteiger partial charge in [-0.15, -0.1) is 0 Å². The third-order valence-corrected chi connectivity index (χ3v) is 12.6. The fourth-order valence-electron chi connectivity index (χ4n) is 6.57. The van der Waals surface area contributed by atoms with Crippen molar-refractivity contribution in [1.29, 1.82) is 5.26 Å². The number of nitriles is 1. The lowest BCUT2D eigenvalue weighted by atomic mass is 10.0. The zero-order chi connectivity index (χ0) is 34.6. The first-order chi connectivity index (χ1) is 23.7. The summed E-state index contributed by atoms with van der Waals surface area (Å²) in [6.45, 7) is 2.36. The Labute approximate surface area is 292 Å². The average molecular weight is 714 g/mol. The van der Waals surface area contributed by atoms with Crippen molar-refractivity contribution in [1.82, 2.24) is 35.5 Å². The summed E-state index contributed by atoms with van der Waals surface area (Å²) in [5, 5.41) is 21.6. The summed E-state index contributed by atoms with van der Waals surface area (Å²) in [5.74, 6) is 0.791. The van der Waals surface area contributed by atoms with Gasteiger partial charge in [-0.3, -0.25) is 9.59 Å². The van der Waals surface area contributed by atoms with Crippen molar-refractivity contribution in [3.63, 3.8) is 0 Å². The quantitative estimate of drug-likeness (QED) is 0.114. The van der Waals surface area contributed by atoms with Gasteiger partial charge in [-0.25, -0.2) is 18.2 Å². The van der Waals surface area contributed by atoms with E-state index < -0.39 is 10.0 Å². The molecule has 4 heterocycles. The lowest BCUT2D eigenvalue weighted by Crippen LogP contribution is -2.37. The summed E-state index contributed by atoms with van der Waals surface area (Å²) in [7, 11) is -3.60. The number of amides is 4. The SMILES string of the molecule is N#Cc1ccc2c(c1)CN(S(=O)(=O)CCCNC(=O)CCCCCNC(=O)CCCC[C@H]1SC[C@H]3NC(=O)N[C@H]31)CCN2Cc1cnc[nH]1. The zero-order valence-corrected chi connectivity index (χ0v) is 29.4. The summed E-state index contributed by atoms with van der Waals surface area (Å²) in [4.78, 5) is 45.3. The fraction of sp³-hybridized carbons (Fsp3) is 0.606. The topological polar surface area (TPSA) is 192 Å². The number of benzene rings is 1. The molecule has 3 aliphatic rings. The molecule has 0 bridgehead atoms. The van der Waals surface area contributed by atoms with E-state index in [1.54, 1.807) is 24.7 Å². The Morgan fingerprint density at radius 3 is 2.55 bits per heavy atom. The first-order valence-corrected chi connectivity index (χ1v) is 19.8. The Kier molecular flexibility index (Phi) is 13.2. The summed E-state index contributed by atoms with van der Waals surface area (Å²) in [6, 6.07) is 7.86. The van der Waals surface area contributed by atoms with Crippen molar-refractivity contribution in [3.05, 3.63) is 47.5 Å². The zero-order valence-electron chi connectivity index (χ0n) is 27.8. The van der Waals surface area contributed by atoms with Gasteiger partial charge in [-0.2, -0.15) is 21.3 Å². The van der Waals surface area contributed by atoms with E-state index >= 15 is 0 Å². The molecule has 1 aromatic carbocycles. The van der Waals surface area contributed by atoms with Crippen LogP contribution in [-0.2, 0) is 32.7 Å². The van der Waals surface area contributed by atoms with Crippen molar-refractivity contribution < 1.29 is 22.8 Å². The molecule has 2 aromatic rings. The highest BCUT2D eigenvalue weighted by Crippen LogP contribution is 2.33. The highest BCUT2D eigenvalue weighted by Gasteiger charge is 2.42. The number of hydrogen-bond donors (Lipinski definition) is 5. The minimum absolute atomic E-state index is 0.0447. The summed E-state index contributed by atoms with van der Waals surface area (Å²) >= 11 is 1.89. The number of fused-ring (bicyclic) bond motifs is 2. The first-order valence-electron chi connectivity index (χ1n) is 17.2. The number of carbonyl (C=O) groups is 3. The van der Waals surface area contributed by atoms with Gasteiger partial charge in [-0.05, 0) is 55.9 Å². The molecule has 0 radical (unpaired) electrons. The highest BCUT2D eigenvalue weighted by atomic mass is 32.2. The number of sulfonamides is 1. The predicted molar refractivity (Wildman–Crippen MR) is 188 cm³/mol.